The molecule has 0 aliphatic carbocycles. The number of hydrogen-bond donors (Lipinski definition) is 0. The maximum atomic E-state index is 12.8. The highest BCUT2D eigenvalue weighted by molar-refractivity contribution is 5.74. The molecule has 0 N–H and O–H groups in total. The molecule has 120 valence electrons. The molecular formula is C17H14F3NO2. The summed E-state index contributed by atoms with van der Waals surface area (Å²) in [5, 5.41) is 8.70. The molecule has 0 spiro atoms. The molecule has 3 nitrogen and oxygen atoms in total. The first kappa shape index (κ1) is 18.2. The van der Waals surface area contributed by atoms with Crippen LogP contribution >= 0.6 is 0 Å². The van der Waals surface area contributed by atoms with Gasteiger partial charge in [-0.05, 0) is 42.5 Å². The number of benzene rings is 2. The van der Waals surface area contributed by atoms with Crippen LogP contribution < -0.4 is 4.74 Å². The zero-order chi connectivity index (χ0) is 17.5. The minimum Gasteiger partial charge on any atom is -0.457 e. The summed E-state index contributed by atoms with van der Waals surface area (Å²) in [7, 11) is 0. The smallest absolute Gasteiger partial charge is 0.417 e. The molecule has 23 heavy (non-hydrogen) atoms. The SMILES string of the molecule is CC.N#Cc1ccc(Oc2ccc(C=O)cc2)cc1C(F)(F)F. The van der Waals surface area contributed by atoms with E-state index >= 15 is 0 Å². The summed E-state index contributed by atoms with van der Waals surface area (Å²) >= 11 is 0. The molecule has 0 fully saturated rings. The Hall–Kier alpha value is -2.81. The van der Waals surface area contributed by atoms with Gasteiger partial charge in [0.15, 0.2) is 0 Å². The summed E-state index contributed by atoms with van der Waals surface area (Å²) in [5.74, 6) is 0.249. The first-order valence-corrected chi connectivity index (χ1v) is 6.78. The van der Waals surface area contributed by atoms with E-state index in [2.05, 4.69) is 0 Å². The van der Waals surface area contributed by atoms with Gasteiger partial charge in [-0.2, -0.15) is 18.4 Å². The van der Waals surface area contributed by atoms with E-state index in [9.17, 15) is 18.0 Å². The van der Waals surface area contributed by atoms with Crippen LogP contribution in [0.3, 0.4) is 0 Å². The number of hydrogen-bond acceptors (Lipinski definition) is 3. The van der Waals surface area contributed by atoms with E-state index in [1.807, 2.05) is 13.8 Å². The van der Waals surface area contributed by atoms with Gasteiger partial charge in [-0.3, -0.25) is 4.79 Å². The number of alkyl halides is 3. The van der Waals surface area contributed by atoms with E-state index in [4.69, 9.17) is 10.00 Å². The van der Waals surface area contributed by atoms with Gasteiger partial charge >= 0.3 is 6.18 Å². The highest BCUT2D eigenvalue weighted by atomic mass is 19.4. The minimum atomic E-state index is -4.63. The molecule has 0 radical (unpaired) electrons. The lowest BCUT2D eigenvalue weighted by Crippen LogP contribution is -2.07. The van der Waals surface area contributed by atoms with Crippen molar-refractivity contribution in [3.8, 4) is 17.6 Å². The van der Waals surface area contributed by atoms with Crippen LogP contribution in [-0.2, 0) is 6.18 Å². The molecule has 0 atom stereocenters. The third-order valence-corrected chi connectivity index (χ3v) is 2.67. The topological polar surface area (TPSA) is 50.1 Å². The number of aldehydes is 1. The lowest BCUT2D eigenvalue weighted by Gasteiger charge is -2.11. The van der Waals surface area contributed by atoms with E-state index in [0.29, 0.717) is 17.6 Å². The molecule has 0 unspecified atom stereocenters. The summed E-state index contributed by atoms with van der Waals surface area (Å²) < 4.78 is 43.7. The molecular weight excluding hydrogens is 307 g/mol. The van der Waals surface area contributed by atoms with Crippen LogP contribution in [-0.4, -0.2) is 6.29 Å². The molecule has 6 heteroatoms. The summed E-state index contributed by atoms with van der Waals surface area (Å²) in [5.41, 5.74) is -1.09. The fourth-order valence-corrected chi connectivity index (χ4v) is 1.67. The maximum Gasteiger partial charge on any atom is 0.417 e. The van der Waals surface area contributed by atoms with Gasteiger partial charge in [0.2, 0.25) is 0 Å². The standard InChI is InChI=1S/C15H8F3NO2.C2H6/c16-15(17,18)14-7-13(6-3-11(14)8-19)21-12-4-1-10(9-20)2-5-12;1-2/h1-7,9H;1-2H3. The molecule has 0 aliphatic rings. The second kappa shape index (κ2) is 7.99. The van der Waals surface area contributed by atoms with Crippen molar-refractivity contribution < 1.29 is 22.7 Å². The lowest BCUT2D eigenvalue weighted by atomic mass is 10.1. The zero-order valence-electron chi connectivity index (χ0n) is 12.5. The number of carbonyl (C=O) groups excluding carboxylic acids is 1. The summed E-state index contributed by atoms with van der Waals surface area (Å²) in [6.07, 6.45) is -3.99. The summed E-state index contributed by atoms with van der Waals surface area (Å²) in [6.45, 7) is 4.00. The predicted octanol–water partition coefficient (Wildman–Crippen LogP) is 5.21. The number of carbonyl (C=O) groups is 1. The van der Waals surface area contributed by atoms with Gasteiger partial charge in [0.25, 0.3) is 0 Å². The first-order valence-electron chi connectivity index (χ1n) is 6.78. The molecule has 0 heterocycles. The van der Waals surface area contributed by atoms with E-state index in [1.165, 1.54) is 36.4 Å². The van der Waals surface area contributed by atoms with Crippen LogP contribution in [0.15, 0.2) is 42.5 Å². The second-order valence-electron chi connectivity index (χ2n) is 4.11. The van der Waals surface area contributed by atoms with Crippen molar-refractivity contribution in [2.45, 2.75) is 20.0 Å². The Labute approximate surface area is 131 Å². The fourth-order valence-electron chi connectivity index (χ4n) is 1.67. The first-order chi connectivity index (χ1) is 10.9. The molecule has 0 aliphatic heterocycles. The van der Waals surface area contributed by atoms with E-state index < -0.39 is 17.3 Å². The van der Waals surface area contributed by atoms with Crippen molar-refractivity contribution in [3.63, 3.8) is 0 Å². The van der Waals surface area contributed by atoms with E-state index in [1.54, 1.807) is 0 Å². The van der Waals surface area contributed by atoms with Crippen LogP contribution in [0.2, 0.25) is 0 Å². The number of halogens is 3. The third kappa shape index (κ3) is 4.85. The number of rotatable bonds is 3. The average Bonchev–Trinajstić information content (AvgIpc) is 2.56. The van der Waals surface area contributed by atoms with Crippen molar-refractivity contribution in [1.82, 2.24) is 0 Å². The van der Waals surface area contributed by atoms with Crippen LogP contribution in [0.5, 0.6) is 11.5 Å². The van der Waals surface area contributed by atoms with Gasteiger partial charge in [-0.15, -0.1) is 0 Å². The molecule has 0 bridgehead atoms. The van der Waals surface area contributed by atoms with Crippen LogP contribution in [0, 0.1) is 11.3 Å². The molecule has 0 saturated heterocycles. The van der Waals surface area contributed by atoms with E-state index in [0.717, 1.165) is 12.1 Å². The van der Waals surface area contributed by atoms with Crippen molar-refractivity contribution in [2.75, 3.05) is 0 Å². The normalized spacial score (nSPS) is 10.1. The second-order valence-corrected chi connectivity index (χ2v) is 4.11. The molecule has 2 aromatic carbocycles. The predicted molar refractivity (Wildman–Crippen MR) is 79.4 cm³/mol. The van der Waals surface area contributed by atoms with Crippen LogP contribution in [0.4, 0.5) is 13.2 Å². The highest BCUT2D eigenvalue weighted by Gasteiger charge is 2.34. The Morgan fingerprint density at radius 1 is 1.04 bits per heavy atom. The zero-order valence-corrected chi connectivity index (χ0v) is 12.5. The van der Waals surface area contributed by atoms with Gasteiger partial charge in [0, 0.05) is 5.56 Å². The van der Waals surface area contributed by atoms with Gasteiger partial charge in [0.05, 0.1) is 17.2 Å². The van der Waals surface area contributed by atoms with E-state index in [-0.39, 0.29) is 5.75 Å². The van der Waals surface area contributed by atoms with Crippen LogP contribution in [0.25, 0.3) is 0 Å². The van der Waals surface area contributed by atoms with Gasteiger partial charge in [-0.25, -0.2) is 0 Å². The Bertz CT molecular complexity index is 701. The van der Waals surface area contributed by atoms with Crippen LogP contribution in [0.1, 0.15) is 35.3 Å². The molecule has 2 aromatic rings. The molecule has 0 amide bonds. The highest BCUT2D eigenvalue weighted by Crippen LogP contribution is 2.35. The Balaban J connectivity index is 0.00000127. The Kier molecular flexibility index (Phi) is 6.34. The van der Waals surface area contributed by atoms with Crippen molar-refractivity contribution in [1.29, 1.82) is 5.26 Å². The molecule has 0 aromatic heterocycles. The molecule has 0 saturated carbocycles. The largest absolute Gasteiger partial charge is 0.457 e. The molecule has 2 rings (SSSR count). The lowest BCUT2D eigenvalue weighted by molar-refractivity contribution is -0.137. The van der Waals surface area contributed by atoms with Gasteiger partial charge in [-0.1, -0.05) is 13.8 Å². The quantitative estimate of drug-likeness (QED) is 0.729. The number of nitrogens with zero attached hydrogens (tertiary/aromatic N) is 1. The maximum absolute atomic E-state index is 12.8. The monoisotopic (exact) mass is 321 g/mol. The minimum absolute atomic E-state index is 0.0415. The van der Waals surface area contributed by atoms with Crippen molar-refractivity contribution >= 4 is 6.29 Å². The Morgan fingerprint density at radius 3 is 2.09 bits per heavy atom. The van der Waals surface area contributed by atoms with Crippen molar-refractivity contribution in [2.24, 2.45) is 0 Å². The average molecular weight is 321 g/mol. The Morgan fingerprint density at radius 2 is 1.61 bits per heavy atom. The summed E-state index contributed by atoms with van der Waals surface area (Å²) in [4.78, 5) is 10.5. The summed E-state index contributed by atoms with van der Waals surface area (Å²) in [6, 6.07) is 10.5. The number of ether oxygens (including phenoxy) is 1. The third-order valence-electron chi connectivity index (χ3n) is 2.67. The fraction of sp³-hybridized carbons (Fsp3) is 0.176. The van der Waals surface area contributed by atoms with Gasteiger partial charge < -0.3 is 4.74 Å². The number of nitriles is 1. The van der Waals surface area contributed by atoms with Gasteiger partial charge in [0.1, 0.15) is 17.8 Å². The van der Waals surface area contributed by atoms with Crippen molar-refractivity contribution in [3.05, 3.63) is 59.2 Å².